The van der Waals surface area contributed by atoms with Crippen LogP contribution in [-0.2, 0) is 19.6 Å². The molecule has 3 rings (SSSR count). The van der Waals surface area contributed by atoms with Gasteiger partial charge in [-0.1, -0.05) is 11.6 Å². The fourth-order valence-corrected chi connectivity index (χ4v) is 5.26. The molecule has 9 nitrogen and oxygen atoms in total. The number of likely N-dealkylation sites (tertiary alicyclic amines) is 1. The minimum Gasteiger partial charge on any atom is -0.496 e. The molecule has 2 saturated heterocycles. The van der Waals surface area contributed by atoms with Crippen LogP contribution in [0.3, 0.4) is 0 Å². The minimum absolute atomic E-state index is 0.0668. The van der Waals surface area contributed by atoms with E-state index in [0.717, 1.165) is 0 Å². The second-order valence-corrected chi connectivity index (χ2v) is 10.1. The van der Waals surface area contributed by atoms with Crippen molar-refractivity contribution >= 4 is 33.4 Å². The van der Waals surface area contributed by atoms with Crippen LogP contribution < -0.4 is 10.1 Å². The van der Waals surface area contributed by atoms with Crippen LogP contribution in [0, 0.1) is 5.92 Å². The summed E-state index contributed by atoms with van der Waals surface area (Å²) in [5, 5.41) is 3.18. The van der Waals surface area contributed by atoms with Crippen molar-refractivity contribution < 1.29 is 27.5 Å². The van der Waals surface area contributed by atoms with Gasteiger partial charge in [0.15, 0.2) is 0 Å². The summed E-state index contributed by atoms with van der Waals surface area (Å²) in [6.45, 7) is 2.41. The van der Waals surface area contributed by atoms with Gasteiger partial charge in [0.2, 0.25) is 15.9 Å². The predicted octanol–water partition coefficient (Wildman–Crippen LogP) is 0.979. The van der Waals surface area contributed by atoms with Crippen molar-refractivity contribution in [2.75, 3.05) is 58.8 Å². The lowest BCUT2D eigenvalue weighted by Crippen LogP contribution is -2.46. The van der Waals surface area contributed by atoms with E-state index in [0.29, 0.717) is 68.6 Å². The highest BCUT2D eigenvalue weighted by Gasteiger charge is 2.30. The number of hydrogen-bond donors (Lipinski definition) is 1. The summed E-state index contributed by atoms with van der Waals surface area (Å²) in [4.78, 5) is 27.0. The zero-order chi connectivity index (χ0) is 22.4. The number of ether oxygens (including phenoxy) is 2. The molecule has 0 saturated carbocycles. The number of hydrogen-bond acceptors (Lipinski definition) is 6. The molecule has 0 radical (unpaired) electrons. The fourth-order valence-electron chi connectivity index (χ4n) is 3.76. The van der Waals surface area contributed by atoms with E-state index < -0.39 is 10.0 Å². The number of methoxy groups -OCH3 is 1. The minimum atomic E-state index is -3.41. The molecular weight excluding hydrogens is 446 g/mol. The zero-order valence-corrected chi connectivity index (χ0v) is 19.1. The summed E-state index contributed by atoms with van der Waals surface area (Å²) in [6, 6.07) is 4.89. The molecule has 0 aromatic heterocycles. The van der Waals surface area contributed by atoms with E-state index in [9.17, 15) is 18.0 Å². The molecule has 31 heavy (non-hydrogen) atoms. The van der Waals surface area contributed by atoms with Crippen molar-refractivity contribution in [2.24, 2.45) is 5.92 Å². The first kappa shape index (κ1) is 23.8. The highest BCUT2D eigenvalue weighted by molar-refractivity contribution is 7.89. The van der Waals surface area contributed by atoms with E-state index in [1.165, 1.54) is 11.4 Å². The van der Waals surface area contributed by atoms with Gasteiger partial charge in [-0.25, -0.2) is 8.42 Å². The van der Waals surface area contributed by atoms with E-state index in [4.69, 9.17) is 21.1 Å². The summed E-state index contributed by atoms with van der Waals surface area (Å²) >= 11 is 6.02. The van der Waals surface area contributed by atoms with Crippen LogP contribution in [0.1, 0.15) is 23.2 Å². The average Bonchev–Trinajstić information content (AvgIpc) is 2.79. The third kappa shape index (κ3) is 6.09. The first-order valence-electron chi connectivity index (χ1n) is 10.3. The second-order valence-electron chi connectivity index (χ2n) is 7.53. The van der Waals surface area contributed by atoms with Crippen LogP contribution in [-0.4, -0.2) is 88.2 Å². The highest BCUT2D eigenvalue weighted by atomic mass is 35.5. The Morgan fingerprint density at radius 2 is 1.87 bits per heavy atom. The standard InChI is InChI=1S/C20H28ClN3O6S/c1-29-18-3-2-16(21)14-17(18)20(26)23-7-4-15(5-8-23)19(25)22-6-13-31(27,28)24-9-11-30-12-10-24/h2-3,14-15H,4-13H2,1H3,(H,22,25). The lowest BCUT2D eigenvalue weighted by atomic mass is 9.95. The number of nitrogens with one attached hydrogen (secondary N) is 1. The van der Waals surface area contributed by atoms with E-state index in [1.54, 1.807) is 23.1 Å². The lowest BCUT2D eigenvalue weighted by Gasteiger charge is -2.32. The highest BCUT2D eigenvalue weighted by Crippen LogP contribution is 2.26. The first-order valence-corrected chi connectivity index (χ1v) is 12.3. The molecule has 0 spiro atoms. The summed E-state index contributed by atoms with van der Waals surface area (Å²) in [5.74, 6) is -0.295. The molecule has 2 aliphatic heterocycles. The number of rotatable bonds is 7. The molecule has 2 amide bonds. The Morgan fingerprint density at radius 3 is 2.52 bits per heavy atom. The molecular formula is C20H28ClN3O6S. The van der Waals surface area contributed by atoms with Gasteiger partial charge >= 0.3 is 0 Å². The van der Waals surface area contributed by atoms with Crippen molar-refractivity contribution in [1.82, 2.24) is 14.5 Å². The van der Waals surface area contributed by atoms with Gasteiger partial charge in [0.1, 0.15) is 5.75 Å². The number of benzene rings is 1. The molecule has 11 heteroatoms. The summed E-state index contributed by atoms with van der Waals surface area (Å²) in [5.41, 5.74) is 0.395. The zero-order valence-electron chi connectivity index (χ0n) is 17.5. The lowest BCUT2D eigenvalue weighted by molar-refractivity contribution is -0.126. The Kier molecular flexibility index (Phi) is 8.15. The molecule has 0 atom stereocenters. The van der Waals surface area contributed by atoms with Crippen LogP contribution in [0.5, 0.6) is 5.75 Å². The summed E-state index contributed by atoms with van der Waals surface area (Å²) < 4.78 is 36.5. The first-order chi connectivity index (χ1) is 14.8. The van der Waals surface area contributed by atoms with Gasteiger partial charge < -0.3 is 19.7 Å². The van der Waals surface area contributed by atoms with Crippen LogP contribution in [0.4, 0.5) is 0 Å². The third-order valence-electron chi connectivity index (χ3n) is 5.57. The predicted molar refractivity (Wildman–Crippen MR) is 116 cm³/mol. The van der Waals surface area contributed by atoms with Crippen LogP contribution in [0.15, 0.2) is 18.2 Å². The number of carbonyl (C=O) groups is 2. The van der Waals surface area contributed by atoms with Crippen molar-refractivity contribution in [2.45, 2.75) is 12.8 Å². The molecule has 0 aliphatic carbocycles. The second kappa shape index (κ2) is 10.6. The van der Waals surface area contributed by atoms with E-state index in [1.807, 2.05) is 0 Å². The van der Waals surface area contributed by atoms with Crippen LogP contribution >= 0.6 is 11.6 Å². The fraction of sp³-hybridized carbons (Fsp3) is 0.600. The Labute approximate surface area is 187 Å². The van der Waals surface area contributed by atoms with Crippen LogP contribution in [0.2, 0.25) is 5.02 Å². The quantitative estimate of drug-likeness (QED) is 0.633. The summed E-state index contributed by atoms with van der Waals surface area (Å²) in [7, 11) is -1.91. The van der Waals surface area contributed by atoms with Gasteiger partial charge in [-0.3, -0.25) is 9.59 Å². The van der Waals surface area contributed by atoms with Crippen LogP contribution in [0.25, 0.3) is 0 Å². The Balaban J connectivity index is 1.46. The van der Waals surface area contributed by atoms with Crippen molar-refractivity contribution in [3.8, 4) is 5.75 Å². The molecule has 2 heterocycles. The SMILES string of the molecule is COc1ccc(Cl)cc1C(=O)N1CCC(C(=O)NCCS(=O)(=O)N2CCOCC2)CC1. The number of carbonyl (C=O) groups excluding carboxylic acids is 2. The molecule has 2 fully saturated rings. The van der Waals surface area contributed by atoms with E-state index in [2.05, 4.69) is 5.32 Å². The normalized spacial score (nSPS) is 18.6. The van der Waals surface area contributed by atoms with Gasteiger partial charge in [-0.05, 0) is 31.0 Å². The molecule has 1 N–H and O–H groups in total. The van der Waals surface area contributed by atoms with Gasteiger partial charge in [0.05, 0.1) is 31.6 Å². The number of morpholine rings is 1. The monoisotopic (exact) mass is 473 g/mol. The van der Waals surface area contributed by atoms with Gasteiger partial charge in [-0.15, -0.1) is 0 Å². The largest absolute Gasteiger partial charge is 0.496 e. The van der Waals surface area contributed by atoms with Crippen molar-refractivity contribution in [3.05, 3.63) is 28.8 Å². The maximum atomic E-state index is 12.8. The molecule has 0 bridgehead atoms. The molecule has 0 unspecified atom stereocenters. The van der Waals surface area contributed by atoms with Crippen molar-refractivity contribution in [3.63, 3.8) is 0 Å². The molecule has 1 aromatic rings. The third-order valence-corrected chi connectivity index (χ3v) is 7.67. The molecule has 2 aliphatic rings. The number of amides is 2. The average molecular weight is 474 g/mol. The Hall–Kier alpha value is -1.88. The van der Waals surface area contributed by atoms with Crippen molar-refractivity contribution in [1.29, 1.82) is 0 Å². The van der Waals surface area contributed by atoms with Gasteiger partial charge in [0.25, 0.3) is 5.91 Å². The molecule has 172 valence electrons. The Bertz CT molecular complexity index is 896. The van der Waals surface area contributed by atoms with E-state index in [-0.39, 0.29) is 30.0 Å². The topological polar surface area (TPSA) is 105 Å². The van der Waals surface area contributed by atoms with Gasteiger partial charge in [0, 0.05) is 43.7 Å². The maximum Gasteiger partial charge on any atom is 0.257 e. The number of sulfonamides is 1. The van der Waals surface area contributed by atoms with E-state index >= 15 is 0 Å². The maximum absolute atomic E-state index is 12.8. The number of piperidine rings is 1. The Morgan fingerprint density at radius 1 is 1.19 bits per heavy atom. The number of halogens is 1. The molecule has 1 aromatic carbocycles. The summed E-state index contributed by atoms with van der Waals surface area (Å²) in [6.07, 6.45) is 1.02. The van der Waals surface area contributed by atoms with Gasteiger partial charge in [-0.2, -0.15) is 4.31 Å². The smallest absolute Gasteiger partial charge is 0.257 e. The number of nitrogens with zero attached hydrogens (tertiary/aromatic N) is 2.